The van der Waals surface area contributed by atoms with Gasteiger partial charge < -0.3 is 14.5 Å². The summed E-state index contributed by atoms with van der Waals surface area (Å²) in [6.45, 7) is 3.99. The van der Waals surface area contributed by atoms with Crippen LogP contribution in [0.15, 0.2) is 36.7 Å². The quantitative estimate of drug-likeness (QED) is 0.572. The van der Waals surface area contributed by atoms with E-state index in [0.29, 0.717) is 18.6 Å². The Labute approximate surface area is 131 Å². The van der Waals surface area contributed by atoms with Crippen molar-refractivity contribution in [1.29, 1.82) is 5.26 Å². The van der Waals surface area contributed by atoms with Crippen molar-refractivity contribution in [2.24, 2.45) is 0 Å². The molecule has 1 aromatic rings. The molecule has 0 aromatic heterocycles. The van der Waals surface area contributed by atoms with Gasteiger partial charge in [-0.3, -0.25) is 4.79 Å². The van der Waals surface area contributed by atoms with Gasteiger partial charge in [-0.05, 0) is 44.0 Å². The SMILES string of the molecule is CCOC(=O)CCCCN1C=CN(c2ccc(C#N)cc2)C1. The summed E-state index contributed by atoms with van der Waals surface area (Å²) in [6, 6.07) is 9.67. The fourth-order valence-electron chi connectivity index (χ4n) is 2.32. The van der Waals surface area contributed by atoms with Crippen LogP contribution < -0.4 is 4.90 Å². The number of hydrogen-bond acceptors (Lipinski definition) is 5. The molecule has 0 N–H and O–H groups in total. The molecule has 0 aliphatic carbocycles. The first-order chi connectivity index (χ1) is 10.7. The fraction of sp³-hybridized carbons (Fsp3) is 0.412. The van der Waals surface area contributed by atoms with Crippen molar-refractivity contribution in [2.45, 2.75) is 26.2 Å². The molecule has 5 heteroatoms. The minimum absolute atomic E-state index is 0.112. The van der Waals surface area contributed by atoms with Gasteiger partial charge in [0.1, 0.15) is 0 Å². The standard InChI is InChI=1S/C17H21N3O2/c1-2-22-17(21)5-3-4-10-19-11-12-20(14-19)16-8-6-15(13-18)7-9-16/h6-9,11-12H,2-5,10,14H2,1H3. The molecule has 0 bridgehead atoms. The molecular weight excluding hydrogens is 278 g/mol. The van der Waals surface area contributed by atoms with Crippen molar-refractivity contribution < 1.29 is 9.53 Å². The van der Waals surface area contributed by atoms with Crippen LogP contribution in [-0.2, 0) is 9.53 Å². The molecule has 1 heterocycles. The Kier molecular flexibility index (Phi) is 5.84. The van der Waals surface area contributed by atoms with E-state index in [0.717, 1.165) is 31.7 Å². The number of unbranched alkanes of at least 4 members (excludes halogenated alkanes) is 1. The number of rotatable bonds is 7. The van der Waals surface area contributed by atoms with Crippen molar-refractivity contribution in [1.82, 2.24) is 4.90 Å². The van der Waals surface area contributed by atoms with Crippen molar-refractivity contribution in [2.75, 3.05) is 24.7 Å². The molecule has 1 aliphatic rings. The summed E-state index contributed by atoms with van der Waals surface area (Å²) in [5, 5.41) is 8.81. The summed E-state index contributed by atoms with van der Waals surface area (Å²) >= 11 is 0. The Bertz CT molecular complexity index is 560. The van der Waals surface area contributed by atoms with Crippen LogP contribution in [-0.4, -0.2) is 30.7 Å². The molecule has 0 spiro atoms. The van der Waals surface area contributed by atoms with Gasteiger partial charge in [-0.15, -0.1) is 0 Å². The maximum absolute atomic E-state index is 11.2. The van der Waals surface area contributed by atoms with Gasteiger partial charge in [0.2, 0.25) is 0 Å². The number of anilines is 1. The molecule has 1 aromatic carbocycles. The fourth-order valence-corrected chi connectivity index (χ4v) is 2.32. The molecule has 5 nitrogen and oxygen atoms in total. The van der Waals surface area contributed by atoms with Crippen LogP contribution in [0, 0.1) is 11.3 Å². The molecule has 116 valence electrons. The first kappa shape index (κ1) is 15.9. The predicted octanol–water partition coefficient (Wildman–Crippen LogP) is 2.84. The minimum atomic E-state index is -0.112. The predicted molar refractivity (Wildman–Crippen MR) is 84.8 cm³/mol. The van der Waals surface area contributed by atoms with Gasteiger partial charge in [-0.25, -0.2) is 0 Å². The van der Waals surface area contributed by atoms with E-state index < -0.39 is 0 Å². The van der Waals surface area contributed by atoms with Gasteiger partial charge >= 0.3 is 5.97 Å². The van der Waals surface area contributed by atoms with Crippen LogP contribution >= 0.6 is 0 Å². The third-order valence-electron chi connectivity index (χ3n) is 3.50. The van der Waals surface area contributed by atoms with Crippen molar-refractivity contribution >= 4 is 11.7 Å². The number of carbonyl (C=O) groups is 1. The smallest absolute Gasteiger partial charge is 0.305 e. The number of ether oxygens (including phenoxy) is 1. The topological polar surface area (TPSA) is 56.6 Å². The van der Waals surface area contributed by atoms with Crippen LogP contribution in [0.2, 0.25) is 0 Å². The lowest BCUT2D eigenvalue weighted by Crippen LogP contribution is -2.25. The maximum atomic E-state index is 11.2. The molecule has 22 heavy (non-hydrogen) atoms. The van der Waals surface area contributed by atoms with Gasteiger partial charge in [0.25, 0.3) is 0 Å². The van der Waals surface area contributed by atoms with E-state index >= 15 is 0 Å². The van der Waals surface area contributed by atoms with Crippen LogP contribution in [0.25, 0.3) is 0 Å². The van der Waals surface area contributed by atoms with E-state index in [9.17, 15) is 4.79 Å². The monoisotopic (exact) mass is 299 g/mol. The Morgan fingerprint density at radius 1 is 1.27 bits per heavy atom. The third kappa shape index (κ3) is 4.52. The Hall–Kier alpha value is -2.48. The average Bonchev–Trinajstić information content (AvgIpc) is 3.01. The Balaban J connectivity index is 1.71. The van der Waals surface area contributed by atoms with E-state index in [-0.39, 0.29) is 5.97 Å². The Morgan fingerprint density at radius 3 is 2.73 bits per heavy atom. The lowest BCUT2D eigenvalue weighted by atomic mass is 10.2. The van der Waals surface area contributed by atoms with E-state index in [1.165, 1.54) is 0 Å². The summed E-state index contributed by atoms with van der Waals surface area (Å²) in [6.07, 6.45) is 6.39. The first-order valence-corrected chi connectivity index (χ1v) is 7.57. The number of esters is 1. The van der Waals surface area contributed by atoms with E-state index in [2.05, 4.69) is 22.1 Å². The van der Waals surface area contributed by atoms with Gasteiger partial charge in [0.05, 0.1) is 24.9 Å². The van der Waals surface area contributed by atoms with Gasteiger partial charge in [0.15, 0.2) is 0 Å². The highest BCUT2D eigenvalue weighted by Crippen LogP contribution is 2.20. The summed E-state index contributed by atoms with van der Waals surface area (Å²) in [4.78, 5) is 15.6. The molecule has 0 atom stereocenters. The van der Waals surface area contributed by atoms with Gasteiger partial charge in [0, 0.05) is 31.1 Å². The second-order valence-corrected chi connectivity index (χ2v) is 5.14. The summed E-state index contributed by atoms with van der Waals surface area (Å²) in [5.41, 5.74) is 1.74. The zero-order valence-corrected chi connectivity index (χ0v) is 12.9. The van der Waals surface area contributed by atoms with Crippen LogP contribution in [0.4, 0.5) is 5.69 Å². The number of carbonyl (C=O) groups excluding carboxylic acids is 1. The molecule has 0 unspecified atom stereocenters. The number of benzene rings is 1. The molecule has 0 amide bonds. The maximum Gasteiger partial charge on any atom is 0.305 e. The van der Waals surface area contributed by atoms with Crippen molar-refractivity contribution in [3.8, 4) is 6.07 Å². The first-order valence-electron chi connectivity index (χ1n) is 7.57. The molecule has 0 radical (unpaired) electrons. The average molecular weight is 299 g/mol. The van der Waals surface area contributed by atoms with Crippen LogP contribution in [0.1, 0.15) is 31.7 Å². The summed E-state index contributed by atoms with van der Waals surface area (Å²) in [7, 11) is 0. The van der Waals surface area contributed by atoms with E-state index in [1.807, 2.05) is 37.4 Å². The number of nitriles is 1. The molecule has 2 rings (SSSR count). The highest BCUT2D eigenvalue weighted by Gasteiger charge is 2.13. The lowest BCUT2D eigenvalue weighted by Gasteiger charge is -2.21. The second kappa shape index (κ2) is 8.08. The third-order valence-corrected chi connectivity index (χ3v) is 3.50. The zero-order chi connectivity index (χ0) is 15.8. The van der Waals surface area contributed by atoms with Gasteiger partial charge in [-0.1, -0.05) is 0 Å². The molecule has 1 aliphatic heterocycles. The molecule has 0 saturated carbocycles. The molecular formula is C17H21N3O2. The normalized spacial score (nSPS) is 13.3. The van der Waals surface area contributed by atoms with Crippen LogP contribution in [0.5, 0.6) is 0 Å². The number of hydrogen-bond donors (Lipinski definition) is 0. The second-order valence-electron chi connectivity index (χ2n) is 5.14. The lowest BCUT2D eigenvalue weighted by molar-refractivity contribution is -0.143. The summed E-state index contributed by atoms with van der Waals surface area (Å²) < 4.78 is 4.91. The number of nitrogens with zero attached hydrogens (tertiary/aromatic N) is 3. The Morgan fingerprint density at radius 2 is 2.05 bits per heavy atom. The zero-order valence-electron chi connectivity index (χ0n) is 12.9. The van der Waals surface area contributed by atoms with Crippen molar-refractivity contribution in [3.05, 3.63) is 42.2 Å². The largest absolute Gasteiger partial charge is 0.466 e. The van der Waals surface area contributed by atoms with Gasteiger partial charge in [-0.2, -0.15) is 5.26 Å². The van der Waals surface area contributed by atoms with E-state index in [4.69, 9.17) is 10.00 Å². The van der Waals surface area contributed by atoms with Crippen molar-refractivity contribution in [3.63, 3.8) is 0 Å². The van der Waals surface area contributed by atoms with Crippen LogP contribution in [0.3, 0.4) is 0 Å². The highest BCUT2D eigenvalue weighted by molar-refractivity contribution is 5.69. The molecule has 0 saturated heterocycles. The molecule has 0 fully saturated rings. The van der Waals surface area contributed by atoms with E-state index in [1.54, 1.807) is 0 Å². The highest BCUT2D eigenvalue weighted by atomic mass is 16.5. The minimum Gasteiger partial charge on any atom is -0.466 e. The summed E-state index contributed by atoms with van der Waals surface area (Å²) in [5.74, 6) is -0.112.